The van der Waals surface area contributed by atoms with Gasteiger partial charge in [-0.15, -0.1) is 0 Å². The van der Waals surface area contributed by atoms with Crippen LogP contribution in [0.3, 0.4) is 0 Å². The van der Waals surface area contributed by atoms with Crippen molar-refractivity contribution in [3.63, 3.8) is 0 Å². The summed E-state index contributed by atoms with van der Waals surface area (Å²) in [6.07, 6.45) is 0.542. The van der Waals surface area contributed by atoms with E-state index in [2.05, 4.69) is 25.0 Å². The number of hydrogen-bond acceptors (Lipinski definition) is 6. The van der Waals surface area contributed by atoms with Gasteiger partial charge in [-0.3, -0.25) is 4.57 Å². The first-order chi connectivity index (χ1) is 9.65. The molecule has 0 aliphatic carbocycles. The monoisotopic (exact) mass is 277 g/mol. The van der Waals surface area contributed by atoms with Crippen LogP contribution in [0.2, 0.25) is 0 Å². The highest BCUT2D eigenvalue weighted by molar-refractivity contribution is 5.23. The fourth-order valence-electron chi connectivity index (χ4n) is 2.00. The molecule has 1 aliphatic rings. The van der Waals surface area contributed by atoms with Crippen molar-refractivity contribution in [2.24, 2.45) is 10.2 Å². The van der Waals surface area contributed by atoms with Crippen LogP contribution in [0.15, 0.2) is 27.3 Å². The highest BCUT2D eigenvalue weighted by atomic mass is 16.5. The maximum absolute atomic E-state index is 11.7. The highest BCUT2D eigenvalue weighted by Gasteiger charge is 2.35. The predicted molar refractivity (Wildman–Crippen MR) is 68.4 cm³/mol. The Morgan fingerprint density at radius 2 is 2.35 bits per heavy atom. The lowest BCUT2D eigenvalue weighted by atomic mass is 10.1. The van der Waals surface area contributed by atoms with Gasteiger partial charge in [0.05, 0.1) is 18.7 Å². The molecule has 1 aliphatic heterocycles. The second kappa shape index (κ2) is 5.93. The quantitative estimate of drug-likeness (QED) is 0.494. The van der Waals surface area contributed by atoms with Crippen molar-refractivity contribution < 1.29 is 4.74 Å². The minimum atomic E-state index is -0.634. The summed E-state index contributed by atoms with van der Waals surface area (Å²) in [5.41, 5.74) is 21.7. The minimum absolute atomic E-state index is 0.0217. The van der Waals surface area contributed by atoms with Crippen LogP contribution in [-0.2, 0) is 4.74 Å². The Kier molecular flexibility index (Phi) is 4.06. The van der Waals surface area contributed by atoms with Gasteiger partial charge in [0, 0.05) is 22.4 Å². The van der Waals surface area contributed by atoms with Crippen molar-refractivity contribution in [1.82, 2.24) is 9.55 Å². The second-order valence-electron chi connectivity index (χ2n) is 4.09. The summed E-state index contributed by atoms with van der Waals surface area (Å²) in [7, 11) is 0. The van der Waals surface area contributed by atoms with E-state index < -0.39 is 24.1 Å². The van der Waals surface area contributed by atoms with Crippen molar-refractivity contribution in [1.29, 1.82) is 0 Å². The maximum Gasteiger partial charge on any atom is 0.351 e. The van der Waals surface area contributed by atoms with E-state index in [1.54, 1.807) is 0 Å². The Balaban J connectivity index is 2.24. The van der Waals surface area contributed by atoms with Crippen LogP contribution >= 0.6 is 0 Å². The van der Waals surface area contributed by atoms with Gasteiger partial charge in [0.15, 0.2) is 0 Å². The van der Waals surface area contributed by atoms with E-state index in [1.165, 1.54) is 16.8 Å². The third kappa shape index (κ3) is 2.81. The van der Waals surface area contributed by atoms with Crippen LogP contribution in [0.4, 0.5) is 5.82 Å². The lowest BCUT2D eigenvalue weighted by Gasteiger charge is -2.14. The summed E-state index contributed by atoms with van der Waals surface area (Å²) in [5.74, 6) is 0.112. The van der Waals surface area contributed by atoms with Crippen molar-refractivity contribution in [3.05, 3.63) is 43.6 Å². The molecule has 1 saturated heterocycles. The number of rotatable bonds is 4. The summed E-state index contributed by atoms with van der Waals surface area (Å²) >= 11 is 0. The molecule has 0 spiro atoms. The third-order valence-electron chi connectivity index (χ3n) is 2.89. The lowest BCUT2D eigenvalue weighted by molar-refractivity contribution is 0.00188. The van der Waals surface area contributed by atoms with E-state index >= 15 is 0 Å². The number of nitrogens with two attached hydrogens (primary N) is 1. The first kappa shape index (κ1) is 13.7. The largest absolute Gasteiger partial charge is 0.383 e. The summed E-state index contributed by atoms with van der Waals surface area (Å²) < 4.78 is 6.84. The van der Waals surface area contributed by atoms with Gasteiger partial charge in [-0.25, -0.2) is 4.79 Å². The van der Waals surface area contributed by atoms with Crippen LogP contribution in [0.5, 0.6) is 0 Å². The van der Waals surface area contributed by atoms with Gasteiger partial charge in [-0.1, -0.05) is 10.2 Å². The molecule has 0 radical (unpaired) electrons. The Labute approximate surface area is 112 Å². The Hall–Kier alpha value is -2.74. The molecule has 2 N–H and O–H groups in total. The molecule has 20 heavy (non-hydrogen) atoms. The summed E-state index contributed by atoms with van der Waals surface area (Å²) in [6, 6.07) is 0.952. The van der Waals surface area contributed by atoms with Crippen molar-refractivity contribution in [2.75, 3.05) is 12.3 Å². The van der Waals surface area contributed by atoms with E-state index in [4.69, 9.17) is 21.5 Å². The van der Waals surface area contributed by atoms with Crippen molar-refractivity contribution in [2.45, 2.75) is 24.8 Å². The lowest BCUT2D eigenvalue weighted by Crippen LogP contribution is -2.27. The number of azide groups is 2. The van der Waals surface area contributed by atoms with Crippen LogP contribution < -0.4 is 11.4 Å². The van der Waals surface area contributed by atoms with E-state index in [0.717, 1.165) is 0 Å². The summed E-state index contributed by atoms with van der Waals surface area (Å²) in [4.78, 5) is 20.7. The fraction of sp³-hybridized carbons (Fsp3) is 0.556. The second-order valence-corrected chi connectivity index (χ2v) is 4.09. The average molecular weight is 277 g/mol. The highest BCUT2D eigenvalue weighted by Crippen LogP contribution is 2.30. The van der Waals surface area contributed by atoms with E-state index in [0.29, 0.717) is 6.42 Å². The van der Waals surface area contributed by atoms with Crippen LogP contribution in [0, 0.1) is 0 Å². The van der Waals surface area contributed by atoms with Gasteiger partial charge >= 0.3 is 5.69 Å². The molecule has 0 amide bonds. The Bertz CT molecular complexity index is 643. The SMILES string of the molecule is [N-]=[N+]=NC[C@H]1O[C@@H](n2ccc(N)nc2=O)C[C@H]1N=[N+]=[N-]. The first-order valence-corrected chi connectivity index (χ1v) is 5.71. The molecule has 11 heteroatoms. The van der Waals surface area contributed by atoms with Gasteiger partial charge in [0.2, 0.25) is 0 Å². The van der Waals surface area contributed by atoms with E-state index in [-0.39, 0.29) is 12.4 Å². The molecular formula is C9H11N9O2. The molecule has 2 heterocycles. The molecule has 0 aromatic carbocycles. The molecular weight excluding hydrogens is 266 g/mol. The van der Waals surface area contributed by atoms with E-state index in [9.17, 15) is 4.79 Å². The third-order valence-corrected chi connectivity index (χ3v) is 2.89. The molecule has 2 rings (SSSR count). The van der Waals surface area contributed by atoms with Crippen LogP contribution in [0.1, 0.15) is 12.6 Å². The summed E-state index contributed by atoms with van der Waals surface area (Å²) in [5, 5.41) is 6.99. The number of aromatic nitrogens is 2. The number of anilines is 1. The average Bonchev–Trinajstić information content (AvgIpc) is 2.80. The standard InChI is InChI=1S/C9H11N9O2/c10-7-1-2-18(9(19)14-7)8-3-5(15-17-12)6(20-8)4-13-16-11/h1-2,5-6,8H,3-4H2,(H2,10,14,19)/t5-,6-,8-/m1/s1. The zero-order valence-corrected chi connectivity index (χ0v) is 10.3. The fourth-order valence-corrected chi connectivity index (χ4v) is 2.00. The topological polar surface area (TPSA) is 168 Å². The van der Waals surface area contributed by atoms with Crippen molar-refractivity contribution >= 4 is 5.82 Å². The Morgan fingerprint density at radius 3 is 3.00 bits per heavy atom. The number of nitrogen functional groups attached to an aromatic ring is 1. The number of hydrogen-bond donors (Lipinski definition) is 1. The summed E-state index contributed by atoms with van der Waals surface area (Å²) in [6.45, 7) is 0.0217. The first-order valence-electron chi connectivity index (χ1n) is 5.71. The van der Waals surface area contributed by atoms with Gasteiger partial charge in [0.1, 0.15) is 12.0 Å². The van der Waals surface area contributed by atoms with Gasteiger partial charge in [-0.2, -0.15) is 4.98 Å². The van der Waals surface area contributed by atoms with Gasteiger partial charge < -0.3 is 10.5 Å². The van der Waals surface area contributed by atoms with Gasteiger partial charge in [0.25, 0.3) is 0 Å². The van der Waals surface area contributed by atoms with Crippen LogP contribution in [0.25, 0.3) is 20.9 Å². The molecule has 1 aromatic heterocycles. The molecule has 0 bridgehead atoms. The smallest absolute Gasteiger partial charge is 0.351 e. The van der Waals surface area contributed by atoms with E-state index in [1.807, 2.05) is 0 Å². The molecule has 11 nitrogen and oxygen atoms in total. The molecule has 3 atom stereocenters. The van der Waals surface area contributed by atoms with Crippen molar-refractivity contribution in [3.8, 4) is 0 Å². The minimum Gasteiger partial charge on any atom is -0.383 e. The predicted octanol–water partition coefficient (Wildman–Crippen LogP) is 1.10. The number of ether oxygens (including phenoxy) is 1. The van der Waals surface area contributed by atoms with Gasteiger partial charge in [-0.05, 0) is 17.1 Å². The van der Waals surface area contributed by atoms with Crippen LogP contribution in [-0.4, -0.2) is 28.2 Å². The molecule has 104 valence electrons. The maximum atomic E-state index is 11.7. The normalized spacial score (nSPS) is 24.7. The zero-order valence-electron chi connectivity index (χ0n) is 10.3. The zero-order chi connectivity index (χ0) is 14.5. The Morgan fingerprint density at radius 1 is 1.55 bits per heavy atom. The number of nitrogens with zero attached hydrogens (tertiary/aromatic N) is 8. The molecule has 1 fully saturated rings. The molecule has 0 unspecified atom stereocenters. The molecule has 0 saturated carbocycles. The molecule has 1 aromatic rings.